The minimum atomic E-state index is -0.606. The van der Waals surface area contributed by atoms with Gasteiger partial charge in [0.25, 0.3) is 11.6 Å². The smallest absolute Gasteiger partial charge is 0.283 e. The molecule has 6 nitrogen and oxygen atoms in total. The Morgan fingerprint density at radius 3 is 2.86 bits per heavy atom. The number of rotatable bonds is 3. The van der Waals surface area contributed by atoms with Gasteiger partial charge in [-0.3, -0.25) is 14.9 Å². The number of nitro benzene ring substituents is 1. The van der Waals surface area contributed by atoms with Crippen LogP contribution < -0.4 is 0 Å². The molecule has 1 saturated heterocycles. The van der Waals surface area contributed by atoms with Crippen molar-refractivity contribution >= 4 is 23.2 Å². The molecule has 0 aromatic heterocycles. The Balaban J connectivity index is 2.40. The van der Waals surface area contributed by atoms with Gasteiger partial charge in [0, 0.05) is 12.6 Å². The number of carbonyl (C=O) groups excluding carboxylic acids is 1. The molecule has 0 bridgehead atoms. The molecule has 1 aromatic rings. The molecule has 21 heavy (non-hydrogen) atoms. The van der Waals surface area contributed by atoms with Crippen molar-refractivity contribution < 1.29 is 14.8 Å². The van der Waals surface area contributed by atoms with Crippen LogP contribution in [0.2, 0.25) is 5.02 Å². The molecule has 1 heterocycles. The molecule has 1 aliphatic rings. The number of amides is 1. The summed E-state index contributed by atoms with van der Waals surface area (Å²) in [5.74, 6) is -0.478. The van der Waals surface area contributed by atoms with Gasteiger partial charge in [0.15, 0.2) is 0 Å². The Hall–Kier alpha value is -1.66. The summed E-state index contributed by atoms with van der Waals surface area (Å²) < 4.78 is 0. The van der Waals surface area contributed by atoms with Gasteiger partial charge in [-0.1, -0.05) is 30.5 Å². The van der Waals surface area contributed by atoms with Crippen molar-refractivity contribution in [2.24, 2.45) is 0 Å². The highest BCUT2D eigenvalue weighted by molar-refractivity contribution is 6.34. The van der Waals surface area contributed by atoms with Crippen molar-refractivity contribution in [3.8, 4) is 0 Å². The fourth-order valence-electron chi connectivity index (χ4n) is 2.65. The van der Waals surface area contributed by atoms with E-state index in [2.05, 4.69) is 0 Å². The third-order valence-electron chi connectivity index (χ3n) is 3.75. The fraction of sp³-hybridized carbons (Fsp3) is 0.500. The van der Waals surface area contributed by atoms with Gasteiger partial charge in [0.1, 0.15) is 5.56 Å². The lowest BCUT2D eigenvalue weighted by atomic mass is 10.1. The molecule has 1 fully saturated rings. The number of carbonyl (C=O) groups is 1. The van der Waals surface area contributed by atoms with Gasteiger partial charge < -0.3 is 10.0 Å². The number of aliphatic hydroxyl groups excluding tert-OH is 1. The summed E-state index contributed by atoms with van der Waals surface area (Å²) in [6.07, 6.45) is 3.42. The van der Waals surface area contributed by atoms with E-state index < -0.39 is 10.8 Å². The highest BCUT2D eigenvalue weighted by Crippen LogP contribution is 2.29. The van der Waals surface area contributed by atoms with Crippen LogP contribution in [0, 0.1) is 10.1 Å². The Kier molecular flexibility index (Phi) is 5.14. The van der Waals surface area contributed by atoms with Crippen LogP contribution in [-0.4, -0.2) is 40.0 Å². The molecule has 0 saturated carbocycles. The number of hydrogen-bond donors (Lipinski definition) is 1. The second kappa shape index (κ2) is 6.87. The summed E-state index contributed by atoms with van der Waals surface area (Å²) in [4.78, 5) is 24.7. The third-order valence-corrected chi connectivity index (χ3v) is 4.07. The van der Waals surface area contributed by atoms with Gasteiger partial charge in [0.05, 0.1) is 22.6 Å². The number of benzene rings is 1. The highest BCUT2D eigenvalue weighted by atomic mass is 35.5. The molecule has 1 amide bonds. The zero-order chi connectivity index (χ0) is 15.4. The Morgan fingerprint density at radius 1 is 1.43 bits per heavy atom. The first-order valence-electron chi connectivity index (χ1n) is 6.91. The van der Waals surface area contributed by atoms with Crippen LogP contribution in [0.25, 0.3) is 0 Å². The lowest BCUT2D eigenvalue weighted by Crippen LogP contribution is -2.42. The minimum absolute atomic E-state index is 0.0649. The number of nitrogens with zero attached hydrogens (tertiary/aromatic N) is 2. The third kappa shape index (κ3) is 3.33. The first kappa shape index (κ1) is 15.7. The fourth-order valence-corrected chi connectivity index (χ4v) is 2.91. The molecule has 1 aliphatic heterocycles. The second-order valence-electron chi connectivity index (χ2n) is 5.08. The van der Waals surface area contributed by atoms with E-state index in [0.717, 1.165) is 19.3 Å². The molecule has 2 rings (SSSR count). The molecule has 1 unspecified atom stereocenters. The van der Waals surface area contributed by atoms with Crippen LogP contribution in [0.4, 0.5) is 5.69 Å². The van der Waals surface area contributed by atoms with E-state index in [-0.39, 0.29) is 28.9 Å². The topological polar surface area (TPSA) is 83.7 Å². The standard InChI is InChI=1S/C14H17ClN2O4/c15-11-6-4-7-12(17(20)21)13(11)14(19)16-8-3-1-2-5-10(16)9-18/h4,6-7,10,18H,1-3,5,8-9H2. The van der Waals surface area contributed by atoms with Crippen molar-refractivity contribution in [1.82, 2.24) is 4.90 Å². The maximum atomic E-state index is 12.7. The van der Waals surface area contributed by atoms with E-state index in [1.165, 1.54) is 23.1 Å². The highest BCUT2D eigenvalue weighted by Gasteiger charge is 2.31. The quantitative estimate of drug-likeness (QED) is 0.687. The Bertz CT molecular complexity index is 550. The van der Waals surface area contributed by atoms with Crippen molar-refractivity contribution in [3.63, 3.8) is 0 Å². The van der Waals surface area contributed by atoms with Crippen molar-refractivity contribution in [2.45, 2.75) is 31.7 Å². The van der Waals surface area contributed by atoms with Gasteiger partial charge in [0.2, 0.25) is 0 Å². The van der Waals surface area contributed by atoms with Crippen LogP contribution in [0.3, 0.4) is 0 Å². The van der Waals surface area contributed by atoms with Gasteiger partial charge in [-0.05, 0) is 18.9 Å². The maximum Gasteiger partial charge on any atom is 0.283 e. The van der Waals surface area contributed by atoms with Gasteiger partial charge in [-0.15, -0.1) is 0 Å². The number of aliphatic hydroxyl groups is 1. The number of nitro groups is 1. The maximum absolute atomic E-state index is 12.7. The lowest BCUT2D eigenvalue weighted by Gasteiger charge is -2.28. The van der Waals surface area contributed by atoms with Crippen molar-refractivity contribution in [3.05, 3.63) is 38.9 Å². The molecule has 0 aliphatic carbocycles. The first-order chi connectivity index (χ1) is 10.1. The summed E-state index contributed by atoms with van der Waals surface area (Å²) >= 11 is 6.00. The monoisotopic (exact) mass is 312 g/mol. The molecule has 0 spiro atoms. The summed E-state index contributed by atoms with van der Waals surface area (Å²) in [6, 6.07) is 3.87. The van der Waals surface area contributed by atoms with E-state index >= 15 is 0 Å². The molecule has 1 atom stereocenters. The summed E-state index contributed by atoms with van der Waals surface area (Å²) in [7, 11) is 0. The SMILES string of the molecule is O=C(c1c(Cl)cccc1[N+](=O)[O-])N1CCCCCC1CO. The van der Waals surface area contributed by atoms with Crippen LogP contribution >= 0.6 is 11.6 Å². The van der Waals surface area contributed by atoms with Gasteiger partial charge >= 0.3 is 0 Å². The van der Waals surface area contributed by atoms with E-state index in [0.29, 0.717) is 13.0 Å². The van der Waals surface area contributed by atoms with Gasteiger partial charge in [-0.25, -0.2) is 0 Å². The number of hydrogen-bond acceptors (Lipinski definition) is 4. The zero-order valence-corrected chi connectivity index (χ0v) is 12.3. The van der Waals surface area contributed by atoms with Crippen LogP contribution in [0.5, 0.6) is 0 Å². The zero-order valence-electron chi connectivity index (χ0n) is 11.5. The van der Waals surface area contributed by atoms with E-state index in [1.807, 2.05) is 0 Å². The minimum Gasteiger partial charge on any atom is -0.394 e. The molecule has 0 radical (unpaired) electrons. The van der Waals surface area contributed by atoms with Crippen LogP contribution in [0.1, 0.15) is 36.0 Å². The predicted octanol–water partition coefficient (Wildman–Crippen LogP) is 2.63. The number of halogens is 1. The Labute approximate surface area is 127 Å². The number of likely N-dealkylation sites (tertiary alicyclic amines) is 1. The molecule has 7 heteroatoms. The van der Waals surface area contributed by atoms with Gasteiger partial charge in [-0.2, -0.15) is 0 Å². The molecule has 1 aromatic carbocycles. The van der Waals surface area contributed by atoms with E-state index in [9.17, 15) is 20.0 Å². The molecule has 114 valence electrons. The normalized spacial score (nSPS) is 19.1. The van der Waals surface area contributed by atoms with E-state index in [4.69, 9.17) is 11.6 Å². The van der Waals surface area contributed by atoms with Crippen LogP contribution in [-0.2, 0) is 0 Å². The first-order valence-corrected chi connectivity index (χ1v) is 7.28. The van der Waals surface area contributed by atoms with Crippen molar-refractivity contribution in [2.75, 3.05) is 13.2 Å². The van der Waals surface area contributed by atoms with E-state index in [1.54, 1.807) is 0 Å². The summed E-state index contributed by atoms with van der Waals surface area (Å²) in [5.41, 5.74) is -0.391. The van der Waals surface area contributed by atoms with Crippen molar-refractivity contribution in [1.29, 1.82) is 0 Å². The molecule has 1 N–H and O–H groups in total. The summed E-state index contributed by atoms with van der Waals surface area (Å²) in [6.45, 7) is 0.330. The van der Waals surface area contributed by atoms with Crippen LogP contribution in [0.15, 0.2) is 18.2 Å². The summed E-state index contributed by atoms with van der Waals surface area (Å²) in [5, 5.41) is 20.6. The predicted molar refractivity (Wildman–Crippen MR) is 78.5 cm³/mol. The Morgan fingerprint density at radius 2 is 2.19 bits per heavy atom. The largest absolute Gasteiger partial charge is 0.394 e. The molecular formula is C14H17ClN2O4. The average molecular weight is 313 g/mol. The lowest BCUT2D eigenvalue weighted by molar-refractivity contribution is -0.385. The second-order valence-corrected chi connectivity index (χ2v) is 5.48. The molecular weight excluding hydrogens is 296 g/mol. The average Bonchev–Trinajstić information content (AvgIpc) is 2.71.